The molecule has 9 heteroatoms. The highest BCUT2D eigenvalue weighted by Gasteiger charge is 2.31. The fraction of sp³-hybridized carbons (Fsp3) is 0.421. The molecule has 1 fully saturated rings. The molecular weight excluding hydrogens is 421 g/mol. The molecule has 2 atom stereocenters. The van der Waals surface area contributed by atoms with Crippen LogP contribution in [0.3, 0.4) is 0 Å². The minimum Gasteiger partial charge on any atom is -0.391 e. The van der Waals surface area contributed by atoms with E-state index in [0.717, 1.165) is 30.0 Å². The van der Waals surface area contributed by atoms with E-state index < -0.39 is 17.7 Å². The number of carbonyl (C=O) groups is 2. The molecule has 1 aliphatic heterocycles. The number of carbonyl (C=O) groups excluding carboxylic acids is 2. The first-order valence-corrected chi connectivity index (χ1v) is 10.5. The molecule has 0 bridgehead atoms. The predicted molar refractivity (Wildman–Crippen MR) is 110 cm³/mol. The number of nitrogens with zero attached hydrogens (tertiary/aromatic N) is 1. The van der Waals surface area contributed by atoms with E-state index in [4.69, 9.17) is 23.2 Å². The minimum absolute atomic E-state index is 0.00109. The van der Waals surface area contributed by atoms with Gasteiger partial charge in [0, 0.05) is 12.5 Å². The maximum Gasteiger partial charge on any atom is 0.288 e. The summed E-state index contributed by atoms with van der Waals surface area (Å²) in [5.74, 6) is -1.22. The third-order valence-corrected chi connectivity index (χ3v) is 6.67. The second kappa shape index (κ2) is 9.33. The van der Waals surface area contributed by atoms with Gasteiger partial charge in [-0.3, -0.25) is 9.59 Å². The Morgan fingerprint density at radius 3 is 2.79 bits per heavy atom. The van der Waals surface area contributed by atoms with Crippen molar-refractivity contribution in [2.24, 2.45) is 0 Å². The number of rotatable bonds is 7. The van der Waals surface area contributed by atoms with E-state index >= 15 is 0 Å². The van der Waals surface area contributed by atoms with Crippen molar-refractivity contribution in [2.45, 2.75) is 44.9 Å². The van der Waals surface area contributed by atoms with E-state index in [2.05, 4.69) is 15.6 Å². The third-order valence-electron chi connectivity index (χ3n) is 4.71. The number of aryl methyl sites for hydroxylation is 1. The van der Waals surface area contributed by atoms with Crippen LogP contribution in [0, 0.1) is 6.92 Å². The van der Waals surface area contributed by atoms with Gasteiger partial charge in [-0.1, -0.05) is 29.3 Å². The molecule has 1 aromatic heterocycles. The van der Waals surface area contributed by atoms with Gasteiger partial charge in [0.1, 0.15) is 5.01 Å². The molecule has 150 valence electrons. The number of hydrogen-bond donors (Lipinski definition) is 3. The first-order chi connectivity index (χ1) is 13.4. The van der Waals surface area contributed by atoms with Gasteiger partial charge in [-0.2, -0.15) is 0 Å². The van der Waals surface area contributed by atoms with Crippen LogP contribution in [0.25, 0.3) is 0 Å². The molecule has 28 heavy (non-hydrogen) atoms. The van der Waals surface area contributed by atoms with Crippen molar-refractivity contribution < 1.29 is 14.7 Å². The Morgan fingerprint density at radius 2 is 2.18 bits per heavy atom. The molecule has 6 nitrogen and oxygen atoms in total. The molecule has 1 aromatic carbocycles. The van der Waals surface area contributed by atoms with Crippen molar-refractivity contribution in [3.05, 3.63) is 49.4 Å². The van der Waals surface area contributed by atoms with E-state index in [1.54, 1.807) is 18.2 Å². The minimum atomic E-state index is -0.664. The van der Waals surface area contributed by atoms with Gasteiger partial charge in [0.05, 0.1) is 33.3 Å². The zero-order valence-electron chi connectivity index (χ0n) is 15.3. The van der Waals surface area contributed by atoms with Crippen LogP contribution >= 0.6 is 34.5 Å². The Morgan fingerprint density at radius 1 is 1.39 bits per heavy atom. The summed E-state index contributed by atoms with van der Waals surface area (Å²) in [6, 6.07) is 4.44. The maximum absolute atomic E-state index is 12.6. The fourth-order valence-corrected chi connectivity index (χ4v) is 4.56. The Bertz CT molecular complexity index is 881. The highest BCUT2D eigenvalue weighted by atomic mass is 35.5. The van der Waals surface area contributed by atoms with Crippen molar-refractivity contribution in [2.75, 3.05) is 6.54 Å². The highest BCUT2D eigenvalue weighted by Crippen LogP contribution is 2.29. The number of amides is 1. The van der Waals surface area contributed by atoms with Gasteiger partial charge < -0.3 is 15.7 Å². The standard InChI is InChI=1S/C19H21Cl2N3O3S/c1-10-16(9-25)28-19(23-10)17(14-3-2-6-22-14)24-18(27)15(26)8-11-4-5-12(20)13(21)7-11/h4-5,7,14,17,22,25H,2-3,6,8-9H2,1H3,(H,24,27). The van der Waals surface area contributed by atoms with Gasteiger partial charge in [-0.15, -0.1) is 11.3 Å². The molecule has 3 N–H and O–H groups in total. The van der Waals surface area contributed by atoms with Crippen LogP contribution in [0.5, 0.6) is 0 Å². The lowest BCUT2D eigenvalue weighted by Crippen LogP contribution is -2.43. The van der Waals surface area contributed by atoms with E-state index in [1.807, 2.05) is 6.92 Å². The van der Waals surface area contributed by atoms with Crippen molar-refractivity contribution in [1.29, 1.82) is 0 Å². The molecule has 2 aromatic rings. The van der Waals surface area contributed by atoms with Crippen LogP contribution in [0.15, 0.2) is 18.2 Å². The number of thiazole rings is 1. The summed E-state index contributed by atoms with van der Waals surface area (Å²) in [4.78, 5) is 30.3. The zero-order chi connectivity index (χ0) is 20.3. The molecule has 0 radical (unpaired) electrons. The van der Waals surface area contributed by atoms with E-state index in [1.165, 1.54) is 11.3 Å². The molecule has 1 amide bonds. The normalized spacial score (nSPS) is 17.5. The van der Waals surface area contributed by atoms with Gasteiger partial charge in [-0.05, 0) is 44.0 Å². The summed E-state index contributed by atoms with van der Waals surface area (Å²) >= 11 is 13.2. The van der Waals surface area contributed by atoms with E-state index in [-0.39, 0.29) is 19.1 Å². The first-order valence-electron chi connectivity index (χ1n) is 8.97. The van der Waals surface area contributed by atoms with E-state index in [0.29, 0.717) is 20.6 Å². The molecule has 1 aliphatic rings. The lowest BCUT2D eigenvalue weighted by molar-refractivity contribution is -0.138. The third kappa shape index (κ3) is 4.90. The van der Waals surface area contributed by atoms with Crippen molar-refractivity contribution >= 4 is 46.2 Å². The molecule has 0 aliphatic carbocycles. The average molecular weight is 442 g/mol. The predicted octanol–water partition coefficient (Wildman–Crippen LogP) is 2.97. The molecule has 2 unspecified atom stereocenters. The van der Waals surface area contributed by atoms with Crippen LogP contribution in [0.2, 0.25) is 10.0 Å². The maximum atomic E-state index is 12.6. The van der Waals surface area contributed by atoms with E-state index in [9.17, 15) is 14.7 Å². The summed E-state index contributed by atoms with van der Waals surface area (Å²) in [6.45, 7) is 2.58. The average Bonchev–Trinajstić information content (AvgIpc) is 3.32. The van der Waals surface area contributed by atoms with Crippen LogP contribution < -0.4 is 10.6 Å². The number of benzene rings is 1. The molecule has 1 saturated heterocycles. The molecular formula is C19H21Cl2N3O3S. The monoisotopic (exact) mass is 441 g/mol. The quantitative estimate of drug-likeness (QED) is 0.574. The Balaban J connectivity index is 1.74. The Hall–Kier alpha value is -1.51. The topological polar surface area (TPSA) is 91.3 Å². The number of halogens is 2. The first kappa shape index (κ1) is 21.2. The lowest BCUT2D eigenvalue weighted by Gasteiger charge is -2.23. The smallest absolute Gasteiger partial charge is 0.288 e. The summed E-state index contributed by atoms with van der Waals surface area (Å²) in [6.07, 6.45) is 1.80. The van der Waals surface area contributed by atoms with Gasteiger partial charge >= 0.3 is 0 Å². The Kier molecular flexibility index (Phi) is 7.06. The van der Waals surface area contributed by atoms with Crippen LogP contribution in [0.1, 0.15) is 40.0 Å². The second-order valence-electron chi connectivity index (χ2n) is 6.72. The number of hydrogen-bond acceptors (Lipinski definition) is 6. The molecule has 3 rings (SSSR count). The molecule has 0 saturated carbocycles. The van der Waals surface area contributed by atoms with Gasteiger partial charge in [0.2, 0.25) is 5.78 Å². The number of aliphatic hydroxyl groups is 1. The second-order valence-corrected chi connectivity index (χ2v) is 8.65. The number of Topliss-reactive ketones (excluding diaryl/α,β-unsaturated/α-hetero) is 1. The molecule has 0 spiro atoms. The fourth-order valence-electron chi connectivity index (χ4n) is 3.20. The van der Waals surface area contributed by atoms with Gasteiger partial charge in [0.25, 0.3) is 5.91 Å². The lowest BCUT2D eigenvalue weighted by atomic mass is 10.1. The summed E-state index contributed by atoms with van der Waals surface area (Å²) in [5, 5.41) is 17.1. The SMILES string of the molecule is Cc1nc(C(NC(=O)C(=O)Cc2ccc(Cl)c(Cl)c2)C2CCCN2)sc1CO. The summed E-state index contributed by atoms with van der Waals surface area (Å²) in [5.41, 5.74) is 1.36. The number of ketones is 1. The number of aliphatic hydroxyl groups excluding tert-OH is 1. The number of nitrogens with one attached hydrogen (secondary N) is 2. The van der Waals surface area contributed by atoms with Crippen LogP contribution in [-0.2, 0) is 22.6 Å². The summed E-state index contributed by atoms with van der Waals surface area (Å²) < 4.78 is 0. The molecule has 2 heterocycles. The van der Waals surface area contributed by atoms with Crippen LogP contribution in [0.4, 0.5) is 0 Å². The van der Waals surface area contributed by atoms with Crippen molar-refractivity contribution in [3.63, 3.8) is 0 Å². The number of aromatic nitrogens is 1. The van der Waals surface area contributed by atoms with Gasteiger partial charge in [0.15, 0.2) is 0 Å². The zero-order valence-corrected chi connectivity index (χ0v) is 17.6. The highest BCUT2D eigenvalue weighted by molar-refractivity contribution is 7.11. The summed E-state index contributed by atoms with van der Waals surface area (Å²) in [7, 11) is 0. The van der Waals surface area contributed by atoms with Crippen LogP contribution in [-0.4, -0.2) is 34.4 Å². The largest absolute Gasteiger partial charge is 0.391 e. The van der Waals surface area contributed by atoms with Crippen molar-refractivity contribution in [3.8, 4) is 0 Å². The van der Waals surface area contributed by atoms with Crippen molar-refractivity contribution in [1.82, 2.24) is 15.6 Å². The Labute approximate surface area is 177 Å². The van der Waals surface area contributed by atoms with Gasteiger partial charge in [-0.25, -0.2) is 4.98 Å².